The Balaban J connectivity index is 1.69. The zero-order chi connectivity index (χ0) is 16.2. The van der Waals surface area contributed by atoms with Gasteiger partial charge in [0, 0.05) is 29.6 Å². The van der Waals surface area contributed by atoms with Gasteiger partial charge in [-0.2, -0.15) is 5.10 Å². The van der Waals surface area contributed by atoms with Crippen molar-refractivity contribution in [3.63, 3.8) is 0 Å². The second-order valence-electron chi connectivity index (χ2n) is 5.03. The van der Waals surface area contributed by atoms with Crippen molar-refractivity contribution in [2.75, 3.05) is 6.54 Å². The lowest BCUT2D eigenvalue weighted by molar-refractivity contribution is 0.0955. The van der Waals surface area contributed by atoms with Gasteiger partial charge in [0.1, 0.15) is 5.82 Å². The van der Waals surface area contributed by atoms with E-state index in [2.05, 4.69) is 20.5 Å². The van der Waals surface area contributed by atoms with Crippen LogP contribution in [-0.4, -0.2) is 27.6 Å². The van der Waals surface area contributed by atoms with Crippen molar-refractivity contribution in [1.82, 2.24) is 20.5 Å². The Labute approximate surface area is 136 Å². The fourth-order valence-electron chi connectivity index (χ4n) is 2.22. The van der Waals surface area contributed by atoms with Crippen LogP contribution in [0.4, 0.5) is 4.39 Å². The summed E-state index contributed by atoms with van der Waals surface area (Å²) >= 11 is 1.57. The first-order valence-corrected chi connectivity index (χ1v) is 8.00. The largest absolute Gasteiger partial charge is 0.351 e. The molecule has 0 aliphatic carbocycles. The van der Waals surface area contributed by atoms with E-state index < -0.39 is 5.82 Å². The summed E-state index contributed by atoms with van der Waals surface area (Å²) in [6, 6.07) is 6.28. The quantitative estimate of drug-likeness (QED) is 0.755. The van der Waals surface area contributed by atoms with Gasteiger partial charge in [-0.15, -0.1) is 11.3 Å². The second kappa shape index (κ2) is 6.70. The summed E-state index contributed by atoms with van der Waals surface area (Å²) in [6.07, 6.45) is 2.07. The van der Waals surface area contributed by atoms with Crippen molar-refractivity contribution in [3.8, 4) is 11.3 Å². The van der Waals surface area contributed by atoms with E-state index in [0.29, 0.717) is 29.8 Å². The Morgan fingerprint density at radius 1 is 1.39 bits per heavy atom. The summed E-state index contributed by atoms with van der Waals surface area (Å²) < 4.78 is 13.9. The van der Waals surface area contributed by atoms with Crippen molar-refractivity contribution in [2.45, 2.75) is 13.3 Å². The molecule has 7 heteroatoms. The fraction of sp³-hybridized carbons (Fsp3) is 0.188. The first-order valence-electron chi connectivity index (χ1n) is 7.12. The molecule has 118 valence electrons. The highest BCUT2D eigenvalue weighted by Crippen LogP contribution is 2.23. The highest BCUT2D eigenvalue weighted by atomic mass is 32.1. The smallest absolute Gasteiger partial charge is 0.255 e. The van der Waals surface area contributed by atoms with Crippen LogP contribution in [0, 0.1) is 12.7 Å². The van der Waals surface area contributed by atoms with Crippen LogP contribution in [0.25, 0.3) is 11.3 Å². The first kappa shape index (κ1) is 15.4. The molecule has 2 N–H and O–H groups in total. The molecule has 0 aliphatic rings. The van der Waals surface area contributed by atoms with Gasteiger partial charge in [0.2, 0.25) is 0 Å². The third-order valence-corrected chi connectivity index (χ3v) is 4.34. The lowest BCUT2D eigenvalue weighted by atomic mass is 10.1. The summed E-state index contributed by atoms with van der Waals surface area (Å²) in [5.74, 6) is -0.686. The number of rotatable bonds is 5. The standard InChI is InChI=1S/C16H15FN4OS/c1-10-9-23-14(20-10)6-7-18-16(22)12-8-19-21-15(12)11-4-2-3-5-13(11)17/h2-5,8-9H,6-7H2,1H3,(H,18,22)(H,19,21). The van der Waals surface area contributed by atoms with E-state index in [4.69, 9.17) is 0 Å². The fourth-order valence-corrected chi connectivity index (χ4v) is 3.00. The normalized spacial score (nSPS) is 10.7. The van der Waals surface area contributed by atoms with Crippen LogP contribution >= 0.6 is 11.3 Å². The number of nitrogens with one attached hydrogen (secondary N) is 2. The number of aromatic amines is 1. The van der Waals surface area contributed by atoms with Crippen LogP contribution in [0.1, 0.15) is 21.1 Å². The van der Waals surface area contributed by atoms with Crippen LogP contribution in [0.5, 0.6) is 0 Å². The van der Waals surface area contributed by atoms with Crippen LogP contribution in [-0.2, 0) is 6.42 Å². The molecule has 0 atom stereocenters. The Hall–Kier alpha value is -2.54. The average Bonchev–Trinajstić information content (AvgIpc) is 3.17. The van der Waals surface area contributed by atoms with E-state index in [1.807, 2.05) is 12.3 Å². The molecular weight excluding hydrogens is 315 g/mol. The summed E-state index contributed by atoms with van der Waals surface area (Å²) in [6.45, 7) is 2.40. The molecule has 23 heavy (non-hydrogen) atoms. The number of benzene rings is 1. The second-order valence-corrected chi connectivity index (χ2v) is 5.97. The van der Waals surface area contributed by atoms with E-state index in [9.17, 15) is 9.18 Å². The van der Waals surface area contributed by atoms with Crippen LogP contribution in [0.15, 0.2) is 35.8 Å². The molecule has 0 spiro atoms. The molecule has 0 aliphatic heterocycles. The SMILES string of the molecule is Cc1csc(CCNC(=O)c2cn[nH]c2-c2ccccc2F)n1. The molecule has 1 aromatic carbocycles. The number of hydrogen-bond acceptors (Lipinski definition) is 4. The number of carbonyl (C=O) groups excluding carboxylic acids is 1. The van der Waals surface area contributed by atoms with Gasteiger partial charge < -0.3 is 5.32 Å². The minimum Gasteiger partial charge on any atom is -0.351 e. The van der Waals surface area contributed by atoms with Crippen molar-refractivity contribution in [3.05, 3.63) is 57.9 Å². The minimum absolute atomic E-state index is 0.287. The molecule has 3 rings (SSSR count). The van der Waals surface area contributed by atoms with Gasteiger partial charge in [-0.3, -0.25) is 9.89 Å². The molecule has 5 nitrogen and oxygen atoms in total. The molecule has 0 unspecified atom stereocenters. The van der Waals surface area contributed by atoms with Gasteiger partial charge in [-0.1, -0.05) is 12.1 Å². The molecule has 0 fully saturated rings. The average molecular weight is 330 g/mol. The van der Waals surface area contributed by atoms with Gasteiger partial charge in [-0.05, 0) is 19.1 Å². The van der Waals surface area contributed by atoms with Crippen LogP contribution in [0.3, 0.4) is 0 Å². The highest BCUT2D eigenvalue weighted by molar-refractivity contribution is 7.09. The van der Waals surface area contributed by atoms with Gasteiger partial charge in [0.05, 0.1) is 22.5 Å². The molecule has 2 aromatic heterocycles. The van der Waals surface area contributed by atoms with Crippen LogP contribution < -0.4 is 5.32 Å². The lowest BCUT2D eigenvalue weighted by Gasteiger charge is -2.06. The zero-order valence-corrected chi connectivity index (χ0v) is 13.3. The molecule has 0 saturated heterocycles. The molecule has 3 aromatic rings. The predicted molar refractivity (Wildman–Crippen MR) is 86.9 cm³/mol. The molecular formula is C16H15FN4OS. The van der Waals surface area contributed by atoms with E-state index in [0.717, 1.165) is 10.7 Å². The Kier molecular flexibility index (Phi) is 4.47. The topological polar surface area (TPSA) is 70.7 Å². The van der Waals surface area contributed by atoms with Gasteiger partial charge >= 0.3 is 0 Å². The molecule has 0 bridgehead atoms. The number of nitrogens with zero attached hydrogens (tertiary/aromatic N) is 2. The Bertz CT molecular complexity index is 827. The third kappa shape index (κ3) is 3.45. The maximum atomic E-state index is 13.9. The maximum Gasteiger partial charge on any atom is 0.255 e. The van der Waals surface area contributed by atoms with Crippen molar-refractivity contribution >= 4 is 17.2 Å². The lowest BCUT2D eigenvalue weighted by Crippen LogP contribution is -2.25. The number of aromatic nitrogens is 3. The minimum atomic E-state index is -0.399. The maximum absolute atomic E-state index is 13.9. The first-order chi connectivity index (χ1) is 11.1. The van der Waals surface area contributed by atoms with Crippen molar-refractivity contribution in [2.24, 2.45) is 0 Å². The molecule has 0 saturated carbocycles. The van der Waals surface area contributed by atoms with Gasteiger partial charge in [-0.25, -0.2) is 9.37 Å². The summed E-state index contributed by atoms with van der Waals surface area (Å²) in [5.41, 5.74) is 2.01. The summed E-state index contributed by atoms with van der Waals surface area (Å²) in [5, 5.41) is 12.3. The summed E-state index contributed by atoms with van der Waals surface area (Å²) in [7, 11) is 0. The number of carbonyl (C=O) groups is 1. The van der Waals surface area contributed by atoms with Crippen molar-refractivity contribution < 1.29 is 9.18 Å². The monoisotopic (exact) mass is 330 g/mol. The molecule has 2 heterocycles. The molecule has 1 amide bonds. The summed E-state index contributed by atoms with van der Waals surface area (Å²) in [4.78, 5) is 16.6. The highest BCUT2D eigenvalue weighted by Gasteiger charge is 2.17. The number of amides is 1. The number of aryl methyl sites for hydroxylation is 1. The van der Waals surface area contributed by atoms with E-state index in [1.54, 1.807) is 29.5 Å². The number of thiazole rings is 1. The van der Waals surface area contributed by atoms with E-state index in [1.165, 1.54) is 12.3 Å². The van der Waals surface area contributed by atoms with Gasteiger partial charge in [0.15, 0.2) is 0 Å². The van der Waals surface area contributed by atoms with E-state index in [-0.39, 0.29) is 5.91 Å². The van der Waals surface area contributed by atoms with Gasteiger partial charge in [0.25, 0.3) is 5.91 Å². The zero-order valence-electron chi connectivity index (χ0n) is 12.5. The number of H-pyrrole nitrogens is 1. The third-order valence-electron chi connectivity index (χ3n) is 3.32. The molecule has 0 radical (unpaired) electrons. The number of halogens is 1. The Morgan fingerprint density at radius 3 is 2.96 bits per heavy atom. The van der Waals surface area contributed by atoms with Crippen molar-refractivity contribution in [1.29, 1.82) is 0 Å². The number of hydrogen-bond donors (Lipinski definition) is 2. The Morgan fingerprint density at radius 2 is 2.22 bits per heavy atom. The predicted octanol–water partition coefficient (Wildman–Crippen LogP) is 2.95. The van der Waals surface area contributed by atoms with E-state index >= 15 is 0 Å². The van der Waals surface area contributed by atoms with Crippen LogP contribution in [0.2, 0.25) is 0 Å².